The Hall–Kier alpha value is -2.94. The predicted molar refractivity (Wildman–Crippen MR) is 103 cm³/mol. The average molecular weight is 375 g/mol. The van der Waals surface area contributed by atoms with Crippen LogP contribution in [0.25, 0.3) is 0 Å². The van der Waals surface area contributed by atoms with Crippen molar-refractivity contribution in [2.75, 3.05) is 50.6 Å². The van der Waals surface area contributed by atoms with E-state index in [2.05, 4.69) is 15.8 Å². The quantitative estimate of drug-likeness (QED) is 0.441. The zero-order valence-electron chi connectivity index (χ0n) is 15.8. The van der Waals surface area contributed by atoms with Crippen LogP contribution < -0.4 is 15.6 Å². The summed E-state index contributed by atoms with van der Waals surface area (Å²) in [6.07, 6.45) is 0.00145. The Bertz CT molecular complexity index is 709. The standard InChI is InChI=1S/C18H25N5O4/c1-13(20-21-17(25)18(26)23-8-10-27-11-9-23)12-16(24)19-14-4-6-15(7-5-14)22(2)3/h4-7H,8-12H2,1-3H3,(H,19,24)(H,21,25)/b20-13-. The van der Waals surface area contributed by atoms with Crippen LogP contribution in [0.3, 0.4) is 0 Å². The number of carbonyl (C=O) groups excluding carboxylic acids is 3. The SMILES string of the molecule is C/C(CC(=O)Nc1ccc(N(C)C)cc1)=N/NC(=O)C(=O)N1CCOCC1. The van der Waals surface area contributed by atoms with Crippen LogP contribution in [0.15, 0.2) is 29.4 Å². The smallest absolute Gasteiger partial charge is 0.329 e. The van der Waals surface area contributed by atoms with Gasteiger partial charge in [0, 0.05) is 44.3 Å². The summed E-state index contributed by atoms with van der Waals surface area (Å²) in [5.74, 6) is -1.74. The van der Waals surface area contributed by atoms with Gasteiger partial charge in [0.25, 0.3) is 0 Å². The molecule has 9 heteroatoms. The molecular formula is C18H25N5O4. The maximum atomic E-state index is 12.1. The van der Waals surface area contributed by atoms with Gasteiger partial charge in [-0.2, -0.15) is 5.10 Å². The molecule has 0 aromatic heterocycles. The summed E-state index contributed by atoms with van der Waals surface area (Å²) in [7, 11) is 3.87. The molecule has 1 saturated heterocycles. The maximum absolute atomic E-state index is 12.1. The third-order valence-corrected chi connectivity index (χ3v) is 3.92. The van der Waals surface area contributed by atoms with Crippen LogP contribution in [0.4, 0.5) is 11.4 Å². The van der Waals surface area contributed by atoms with Crippen LogP contribution in [0.5, 0.6) is 0 Å². The molecule has 0 unspecified atom stereocenters. The normalized spacial score (nSPS) is 14.5. The molecule has 3 amide bonds. The minimum absolute atomic E-state index is 0.00145. The lowest BCUT2D eigenvalue weighted by Gasteiger charge is -2.25. The highest BCUT2D eigenvalue weighted by atomic mass is 16.5. The monoisotopic (exact) mass is 375 g/mol. The van der Waals surface area contributed by atoms with Crippen LogP contribution in [-0.4, -0.2) is 68.7 Å². The molecule has 0 spiro atoms. The Labute approximate surface area is 158 Å². The fourth-order valence-electron chi connectivity index (χ4n) is 2.42. The molecule has 1 heterocycles. The first-order valence-electron chi connectivity index (χ1n) is 8.64. The van der Waals surface area contributed by atoms with Crippen molar-refractivity contribution >= 4 is 34.8 Å². The first kappa shape index (κ1) is 20.4. The van der Waals surface area contributed by atoms with Crippen molar-refractivity contribution in [1.29, 1.82) is 0 Å². The van der Waals surface area contributed by atoms with Crippen LogP contribution in [0, 0.1) is 0 Å². The molecule has 146 valence electrons. The highest BCUT2D eigenvalue weighted by molar-refractivity contribution is 6.35. The van der Waals surface area contributed by atoms with Crippen molar-refractivity contribution in [2.45, 2.75) is 13.3 Å². The lowest BCUT2D eigenvalue weighted by atomic mass is 10.2. The number of hydrazone groups is 1. The van der Waals surface area contributed by atoms with E-state index in [9.17, 15) is 14.4 Å². The van der Waals surface area contributed by atoms with E-state index in [1.165, 1.54) is 4.90 Å². The van der Waals surface area contributed by atoms with Crippen molar-refractivity contribution < 1.29 is 19.1 Å². The molecule has 1 aromatic rings. The van der Waals surface area contributed by atoms with Crippen molar-refractivity contribution in [1.82, 2.24) is 10.3 Å². The molecule has 1 fully saturated rings. The average Bonchev–Trinajstić information content (AvgIpc) is 2.66. The van der Waals surface area contributed by atoms with E-state index in [-0.39, 0.29) is 12.3 Å². The number of benzene rings is 1. The van der Waals surface area contributed by atoms with E-state index in [4.69, 9.17) is 4.74 Å². The molecule has 2 rings (SSSR count). The van der Waals surface area contributed by atoms with Crippen molar-refractivity contribution in [3.05, 3.63) is 24.3 Å². The first-order valence-corrected chi connectivity index (χ1v) is 8.64. The molecule has 0 saturated carbocycles. The summed E-state index contributed by atoms with van der Waals surface area (Å²) < 4.78 is 5.14. The third-order valence-electron chi connectivity index (χ3n) is 3.92. The Morgan fingerprint density at radius 2 is 1.78 bits per heavy atom. The molecule has 9 nitrogen and oxygen atoms in total. The van der Waals surface area contributed by atoms with Crippen molar-refractivity contribution in [2.24, 2.45) is 5.10 Å². The Kier molecular flexibility index (Phi) is 7.30. The zero-order valence-corrected chi connectivity index (χ0v) is 15.8. The number of anilines is 2. The fraction of sp³-hybridized carbons (Fsp3) is 0.444. The summed E-state index contributed by atoms with van der Waals surface area (Å²) >= 11 is 0. The summed E-state index contributed by atoms with van der Waals surface area (Å²) in [6.45, 7) is 3.19. The van der Waals surface area contributed by atoms with Gasteiger partial charge in [-0.1, -0.05) is 0 Å². The van der Waals surface area contributed by atoms with Gasteiger partial charge in [-0.05, 0) is 31.2 Å². The van der Waals surface area contributed by atoms with Gasteiger partial charge in [0.05, 0.1) is 19.6 Å². The predicted octanol–water partition coefficient (Wildman–Crippen LogP) is 0.432. The number of nitrogens with one attached hydrogen (secondary N) is 2. The minimum atomic E-state index is -0.823. The molecule has 1 aliphatic heterocycles. The highest BCUT2D eigenvalue weighted by Crippen LogP contribution is 2.15. The summed E-state index contributed by atoms with van der Waals surface area (Å²) in [5.41, 5.74) is 4.29. The van der Waals surface area contributed by atoms with E-state index < -0.39 is 11.8 Å². The Balaban J connectivity index is 1.80. The molecule has 2 N–H and O–H groups in total. The van der Waals surface area contributed by atoms with Gasteiger partial charge in [0.2, 0.25) is 5.91 Å². The van der Waals surface area contributed by atoms with E-state index >= 15 is 0 Å². The Morgan fingerprint density at radius 3 is 2.37 bits per heavy atom. The van der Waals surface area contributed by atoms with Gasteiger partial charge in [-0.3, -0.25) is 14.4 Å². The van der Waals surface area contributed by atoms with Crippen LogP contribution in [0.1, 0.15) is 13.3 Å². The molecule has 0 atom stereocenters. The molecule has 0 bridgehead atoms. The number of carbonyl (C=O) groups is 3. The van der Waals surface area contributed by atoms with Gasteiger partial charge in [0.1, 0.15) is 0 Å². The van der Waals surface area contributed by atoms with E-state index in [1.807, 2.05) is 43.3 Å². The van der Waals surface area contributed by atoms with E-state index in [1.54, 1.807) is 6.92 Å². The van der Waals surface area contributed by atoms with E-state index in [0.717, 1.165) is 5.69 Å². The van der Waals surface area contributed by atoms with Gasteiger partial charge >= 0.3 is 11.8 Å². The molecule has 0 aliphatic carbocycles. The number of hydrogen-bond donors (Lipinski definition) is 2. The van der Waals surface area contributed by atoms with Gasteiger partial charge in [-0.25, -0.2) is 5.43 Å². The van der Waals surface area contributed by atoms with Crippen molar-refractivity contribution in [3.63, 3.8) is 0 Å². The molecule has 1 aliphatic rings. The number of amides is 3. The fourth-order valence-corrected chi connectivity index (χ4v) is 2.42. The number of morpholine rings is 1. The first-order chi connectivity index (χ1) is 12.9. The van der Waals surface area contributed by atoms with Gasteiger partial charge < -0.3 is 19.9 Å². The number of hydrogen-bond acceptors (Lipinski definition) is 6. The minimum Gasteiger partial charge on any atom is -0.378 e. The molecule has 27 heavy (non-hydrogen) atoms. The van der Waals surface area contributed by atoms with Crippen LogP contribution >= 0.6 is 0 Å². The number of ether oxygens (including phenoxy) is 1. The molecule has 0 radical (unpaired) electrons. The van der Waals surface area contributed by atoms with E-state index in [0.29, 0.717) is 37.7 Å². The zero-order chi connectivity index (χ0) is 19.8. The lowest BCUT2D eigenvalue weighted by molar-refractivity contribution is -0.148. The summed E-state index contributed by atoms with van der Waals surface area (Å²) in [5, 5.41) is 6.59. The third kappa shape index (κ3) is 6.37. The second-order valence-electron chi connectivity index (χ2n) is 6.36. The van der Waals surface area contributed by atoms with Gasteiger partial charge in [0.15, 0.2) is 0 Å². The lowest BCUT2D eigenvalue weighted by Crippen LogP contribution is -2.47. The summed E-state index contributed by atoms with van der Waals surface area (Å²) in [6, 6.07) is 7.41. The topological polar surface area (TPSA) is 103 Å². The molecular weight excluding hydrogens is 350 g/mol. The number of rotatable bonds is 5. The summed E-state index contributed by atoms with van der Waals surface area (Å²) in [4.78, 5) is 39.2. The largest absolute Gasteiger partial charge is 0.378 e. The second kappa shape index (κ2) is 9.67. The van der Waals surface area contributed by atoms with Crippen LogP contribution in [-0.2, 0) is 19.1 Å². The number of nitrogens with zero attached hydrogens (tertiary/aromatic N) is 3. The molecule has 1 aromatic carbocycles. The second-order valence-corrected chi connectivity index (χ2v) is 6.36. The maximum Gasteiger partial charge on any atom is 0.329 e. The Morgan fingerprint density at radius 1 is 1.15 bits per heavy atom. The highest BCUT2D eigenvalue weighted by Gasteiger charge is 2.23. The van der Waals surface area contributed by atoms with Crippen LogP contribution in [0.2, 0.25) is 0 Å². The van der Waals surface area contributed by atoms with Crippen molar-refractivity contribution in [3.8, 4) is 0 Å². The van der Waals surface area contributed by atoms with Gasteiger partial charge in [-0.15, -0.1) is 0 Å².